The molecule has 1 N–H and O–H groups in total. The van der Waals surface area contributed by atoms with Gasteiger partial charge in [0.05, 0.1) is 10.0 Å². The Hall–Kier alpha value is -2.73. The Labute approximate surface area is 192 Å². The van der Waals surface area contributed by atoms with E-state index in [2.05, 4.69) is 16.3 Å². The van der Waals surface area contributed by atoms with Crippen molar-refractivity contribution in [1.29, 1.82) is 0 Å². The minimum atomic E-state index is -0.0529. The number of urea groups is 1. The highest BCUT2D eigenvalue weighted by Crippen LogP contribution is 2.29. The summed E-state index contributed by atoms with van der Waals surface area (Å²) >= 11 is 12.0. The first-order valence-electron chi connectivity index (χ1n) is 10.1. The van der Waals surface area contributed by atoms with Crippen LogP contribution in [-0.4, -0.2) is 42.0 Å². The van der Waals surface area contributed by atoms with E-state index < -0.39 is 0 Å². The lowest BCUT2D eigenvalue weighted by atomic mass is 10.2. The molecule has 7 heteroatoms. The molecule has 0 aliphatic carbocycles. The second-order valence-electron chi connectivity index (χ2n) is 7.38. The van der Waals surface area contributed by atoms with Gasteiger partial charge in [-0.3, -0.25) is 4.90 Å². The number of amides is 2. The number of carbonyl (C=O) groups is 1. The molecule has 4 rings (SSSR count). The predicted molar refractivity (Wildman–Crippen MR) is 125 cm³/mol. The first-order chi connectivity index (χ1) is 15.1. The van der Waals surface area contributed by atoms with Crippen LogP contribution in [-0.2, 0) is 6.54 Å². The molecule has 0 radical (unpaired) electrons. The lowest BCUT2D eigenvalue weighted by molar-refractivity contribution is 0.143. The Morgan fingerprint density at radius 1 is 0.839 bits per heavy atom. The fraction of sp³-hybridized carbons (Fsp3) is 0.208. The average molecular weight is 456 g/mol. The summed E-state index contributed by atoms with van der Waals surface area (Å²) in [4.78, 5) is 16.7. The van der Waals surface area contributed by atoms with E-state index >= 15 is 0 Å². The highest BCUT2D eigenvalue weighted by Gasteiger charge is 2.21. The van der Waals surface area contributed by atoms with Crippen molar-refractivity contribution in [2.75, 3.05) is 31.5 Å². The first kappa shape index (κ1) is 21.5. The summed E-state index contributed by atoms with van der Waals surface area (Å²) < 4.78 is 5.93. The van der Waals surface area contributed by atoms with Crippen LogP contribution in [0.3, 0.4) is 0 Å². The van der Waals surface area contributed by atoms with Gasteiger partial charge in [0.15, 0.2) is 0 Å². The molecular formula is C24H23Cl2N3O2. The Morgan fingerprint density at radius 3 is 2.32 bits per heavy atom. The molecule has 1 aliphatic heterocycles. The summed E-state index contributed by atoms with van der Waals surface area (Å²) in [5.74, 6) is 1.39. The second-order valence-corrected chi connectivity index (χ2v) is 8.20. The lowest BCUT2D eigenvalue weighted by Gasteiger charge is -2.34. The van der Waals surface area contributed by atoms with Crippen LogP contribution in [0.25, 0.3) is 0 Å². The summed E-state index contributed by atoms with van der Waals surface area (Å²) in [6.07, 6.45) is 0. The minimum Gasteiger partial charge on any atom is -0.457 e. The number of hydrogen-bond acceptors (Lipinski definition) is 3. The zero-order chi connectivity index (χ0) is 21.6. The molecule has 2 amide bonds. The molecule has 1 fully saturated rings. The third-order valence-corrected chi connectivity index (χ3v) is 5.85. The molecule has 0 unspecified atom stereocenters. The molecule has 5 nitrogen and oxygen atoms in total. The minimum absolute atomic E-state index is 0.0529. The molecule has 1 heterocycles. The van der Waals surface area contributed by atoms with Crippen molar-refractivity contribution < 1.29 is 9.53 Å². The van der Waals surface area contributed by atoms with Gasteiger partial charge in [0.1, 0.15) is 11.5 Å². The SMILES string of the molecule is O=C(Nc1ccccc1)N1CCN(Cc2cccc(Oc3ccc(Cl)c(Cl)c3)c2)CC1. The van der Waals surface area contributed by atoms with E-state index in [1.54, 1.807) is 18.2 Å². The maximum absolute atomic E-state index is 12.5. The quantitative estimate of drug-likeness (QED) is 0.502. The van der Waals surface area contributed by atoms with Gasteiger partial charge in [0.25, 0.3) is 0 Å². The Bertz CT molecular complexity index is 1040. The van der Waals surface area contributed by atoms with Crippen LogP contribution in [0.15, 0.2) is 72.8 Å². The number of para-hydroxylation sites is 1. The molecule has 1 saturated heterocycles. The standard InChI is InChI=1S/C24H23Cl2N3O2/c25-22-10-9-21(16-23(22)26)31-20-8-4-5-18(15-20)17-28-11-13-29(14-12-28)24(30)27-19-6-2-1-3-7-19/h1-10,15-16H,11-14,17H2,(H,27,30). The fourth-order valence-corrected chi connectivity index (χ4v) is 3.76. The van der Waals surface area contributed by atoms with Crippen LogP contribution in [0, 0.1) is 0 Å². The van der Waals surface area contributed by atoms with Crippen LogP contribution in [0.1, 0.15) is 5.56 Å². The van der Waals surface area contributed by atoms with Crippen LogP contribution < -0.4 is 10.1 Å². The molecule has 1 aliphatic rings. The summed E-state index contributed by atoms with van der Waals surface area (Å²) in [6.45, 7) is 3.82. The molecule has 0 saturated carbocycles. The third kappa shape index (κ3) is 5.91. The summed E-state index contributed by atoms with van der Waals surface area (Å²) in [5.41, 5.74) is 1.97. The zero-order valence-electron chi connectivity index (χ0n) is 16.9. The number of hydrogen-bond donors (Lipinski definition) is 1. The van der Waals surface area contributed by atoms with Crippen LogP contribution in [0.2, 0.25) is 10.0 Å². The molecule has 31 heavy (non-hydrogen) atoms. The van der Waals surface area contributed by atoms with Gasteiger partial charge in [-0.15, -0.1) is 0 Å². The van der Waals surface area contributed by atoms with Crippen molar-refractivity contribution >= 4 is 34.9 Å². The van der Waals surface area contributed by atoms with E-state index in [4.69, 9.17) is 27.9 Å². The maximum atomic E-state index is 12.5. The van der Waals surface area contributed by atoms with Gasteiger partial charge in [-0.05, 0) is 42.0 Å². The fourth-order valence-electron chi connectivity index (χ4n) is 3.48. The number of halogens is 2. The Balaban J connectivity index is 1.30. The van der Waals surface area contributed by atoms with Crippen molar-refractivity contribution in [2.24, 2.45) is 0 Å². The van der Waals surface area contributed by atoms with Gasteiger partial charge in [0.2, 0.25) is 0 Å². The number of piperazine rings is 1. The smallest absolute Gasteiger partial charge is 0.321 e. The number of ether oxygens (including phenoxy) is 1. The molecule has 3 aromatic carbocycles. The van der Waals surface area contributed by atoms with Gasteiger partial charge in [-0.25, -0.2) is 4.79 Å². The second kappa shape index (κ2) is 10.1. The Kier molecular flexibility index (Phi) is 6.97. The van der Waals surface area contributed by atoms with Crippen LogP contribution >= 0.6 is 23.2 Å². The van der Waals surface area contributed by atoms with Crippen molar-refractivity contribution in [3.63, 3.8) is 0 Å². The summed E-state index contributed by atoms with van der Waals surface area (Å²) in [6, 6.07) is 22.7. The number of benzene rings is 3. The monoisotopic (exact) mass is 455 g/mol. The predicted octanol–water partition coefficient (Wildman–Crippen LogP) is 6.14. The van der Waals surface area contributed by atoms with Gasteiger partial charge in [-0.1, -0.05) is 53.5 Å². The number of rotatable bonds is 5. The van der Waals surface area contributed by atoms with Crippen molar-refractivity contribution in [3.05, 3.63) is 88.4 Å². The third-order valence-electron chi connectivity index (χ3n) is 5.12. The normalized spacial score (nSPS) is 14.3. The molecule has 0 aromatic heterocycles. The van der Waals surface area contributed by atoms with Crippen LogP contribution in [0.5, 0.6) is 11.5 Å². The van der Waals surface area contributed by atoms with E-state index in [1.807, 2.05) is 53.4 Å². The number of anilines is 1. The molecule has 0 spiro atoms. The highest BCUT2D eigenvalue weighted by atomic mass is 35.5. The molecular weight excluding hydrogens is 433 g/mol. The molecule has 0 atom stereocenters. The van der Waals surface area contributed by atoms with Crippen molar-refractivity contribution in [3.8, 4) is 11.5 Å². The van der Waals surface area contributed by atoms with Gasteiger partial charge in [0, 0.05) is 44.5 Å². The largest absolute Gasteiger partial charge is 0.457 e. The van der Waals surface area contributed by atoms with Crippen molar-refractivity contribution in [2.45, 2.75) is 6.54 Å². The van der Waals surface area contributed by atoms with Crippen LogP contribution in [0.4, 0.5) is 10.5 Å². The topological polar surface area (TPSA) is 44.8 Å². The average Bonchev–Trinajstić information content (AvgIpc) is 2.78. The van der Waals surface area contributed by atoms with Crippen molar-refractivity contribution in [1.82, 2.24) is 9.80 Å². The Morgan fingerprint density at radius 2 is 1.58 bits per heavy atom. The van der Waals surface area contributed by atoms with Gasteiger partial charge in [-0.2, -0.15) is 0 Å². The summed E-state index contributed by atoms with van der Waals surface area (Å²) in [5, 5.41) is 3.91. The number of carbonyl (C=O) groups excluding carboxylic acids is 1. The lowest BCUT2D eigenvalue weighted by Crippen LogP contribution is -2.49. The van der Waals surface area contributed by atoms with Gasteiger partial charge < -0.3 is 15.0 Å². The van der Waals surface area contributed by atoms with E-state index in [1.165, 1.54) is 0 Å². The molecule has 160 valence electrons. The first-order valence-corrected chi connectivity index (χ1v) is 10.9. The maximum Gasteiger partial charge on any atom is 0.321 e. The summed E-state index contributed by atoms with van der Waals surface area (Å²) in [7, 11) is 0. The van der Waals surface area contributed by atoms with Gasteiger partial charge >= 0.3 is 6.03 Å². The van der Waals surface area contributed by atoms with E-state index in [-0.39, 0.29) is 6.03 Å². The number of nitrogens with one attached hydrogen (secondary N) is 1. The van der Waals surface area contributed by atoms with E-state index in [9.17, 15) is 4.79 Å². The number of nitrogens with zero attached hydrogens (tertiary/aromatic N) is 2. The van der Waals surface area contributed by atoms with E-state index in [0.29, 0.717) is 28.9 Å². The highest BCUT2D eigenvalue weighted by molar-refractivity contribution is 6.42. The molecule has 0 bridgehead atoms. The molecule has 3 aromatic rings. The van der Waals surface area contributed by atoms with E-state index in [0.717, 1.165) is 36.6 Å². The zero-order valence-corrected chi connectivity index (χ0v) is 18.4.